The molecule has 0 spiro atoms. The third-order valence-corrected chi connectivity index (χ3v) is 4.91. The van der Waals surface area contributed by atoms with Crippen LogP contribution in [0, 0.1) is 0 Å². The fourth-order valence-corrected chi connectivity index (χ4v) is 3.71. The molecular weight excluding hydrogens is 298 g/mol. The summed E-state index contributed by atoms with van der Waals surface area (Å²) in [6.45, 7) is 5.46. The summed E-state index contributed by atoms with van der Waals surface area (Å²) in [6, 6.07) is 0.123. The second-order valence-corrected chi connectivity index (χ2v) is 7.22. The smallest absolute Gasteiger partial charge is 0.234 e. The highest BCUT2D eigenvalue weighted by atomic mass is 32.2. The summed E-state index contributed by atoms with van der Waals surface area (Å²) in [6.07, 6.45) is 1.52. The van der Waals surface area contributed by atoms with E-state index in [2.05, 4.69) is 21.9 Å². The van der Waals surface area contributed by atoms with Gasteiger partial charge in [0.05, 0.1) is 11.4 Å². The van der Waals surface area contributed by atoms with Crippen LogP contribution in [0.25, 0.3) is 0 Å². The summed E-state index contributed by atoms with van der Waals surface area (Å²) in [4.78, 5) is 4.31. The lowest BCUT2D eigenvalue weighted by atomic mass is 10.2. The minimum absolute atomic E-state index is 0.0411. The van der Waals surface area contributed by atoms with Gasteiger partial charge < -0.3 is 10.1 Å². The van der Waals surface area contributed by atoms with Gasteiger partial charge in [-0.1, -0.05) is 6.92 Å². The molecule has 0 fully saturated rings. The second kappa shape index (κ2) is 8.56. The van der Waals surface area contributed by atoms with Crippen molar-refractivity contribution in [2.45, 2.75) is 32.7 Å². The van der Waals surface area contributed by atoms with Crippen LogP contribution >= 0.6 is 11.3 Å². The fourth-order valence-electron chi connectivity index (χ4n) is 1.57. The van der Waals surface area contributed by atoms with Crippen molar-refractivity contribution in [3.63, 3.8) is 0 Å². The molecule has 8 heteroatoms. The number of hydrogen-bond donors (Lipinski definition) is 2. The third kappa shape index (κ3) is 6.17. The monoisotopic (exact) mass is 321 g/mol. The van der Waals surface area contributed by atoms with Crippen LogP contribution in [0.1, 0.15) is 38.4 Å². The van der Waals surface area contributed by atoms with Crippen molar-refractivity contribution < 1.29 is 13.2 Å². The van der Waals surface area contributed by atoms with Crippen LogP contribution in [0.15, 0.2) is 5.38 Å². The summed E-state index contributed by atoms with van der Waals surface area (Å²) in [7, 11) is -1.79. The number of anilines is 1. The summed E-state index contributed by atoms with van der Waals surface area (Å²) in [5.74, 6) is 0.0411. The van der Waals surface area contributed by atoms with Crippen LogP contribution < -0.4 is 10.0 Å². The first-order valence-corrected chi connectivity index (χ1v) is 9.20. The van der Waals surface area contributed by atoms with Gasteiger partial charge in [0.2, 0.25) is 10.0 Å². The molecule has 2 N–H and O–H groups in total. The molecule has 0 aromatic carbocycles. The molecule has 116 valence electrons. The van der Waals surface area contributed by atoms with Crippen molar-refractivity contribution in [2.24, 2.45) is 0 Å². The van der Waals surface area contributed by atoms with Crippen LogP contribution in [0.2, 0.25) is 0 Å². The van der Waals surface area contributed by atoms with Gasteiger partial charge >= 0.3 is 0 Å². The Labute approximate surface area is 125 Å². The zero-order valence-corrected chi connectivity index (χ0v) is 13.8. The molecule has 0 amide bonds. The minimum atomic E-state index is -3.34. The highest BCUT2D eigenvalue weighted by molar-refractivity contribution is 7.92. The maximum Gasteiger partial charge on any atom is 0.234 e. The molecule has 0 saturated heterocycles. The van der Waals surface area contributed by atoms with Gasteiger partial charge in [0, 0.05) is 25.1 Å². The number of aromatic nitrogens is 1. The molecule has 0 aliphatic carbocycles. The van der Waals surface area contributed by atoms with Gasteiger partial charge in [-0.15, -0.1) is 11.3 Å². The van der Waals surface area contributed by atoms with E-state index in [1.54, 1.807) is 7.11 Å². The Kier molecular flexibility index (Phi) is 7.42. The van der Waals surface area contributed by atoms with E-state index in [1.165, 1.54) is 11.3 Å². The normalized spacial score (nSPS) is 13.3. The third-order valence-electron chi connectivity index (χ3n) is 2.67. The molecule has 1 rings (SSSR count). The van der Waals surface area contributed by atoms with Crippen molar-refractivity contribution >= 4 is 26.5 Å². The number of sulfonamides is 1. The molecule has 1 aromatic heterocycles. The minimum Gasteiger partial charge on any atom is -0.385 e. The summed E-state index contributed by atoms with van der Waals surface area (Å²) >= 11 is 1.30. The molecule has 1 unspecified atom stereocenters. The quantitative estimate of drug-likeness (QED) is 0.644. The van der Waals surface area contributed by atoms with Gasteiger partial charge in [-0.25, -0.2) is 13.4 Å². The van der Waals surface area contributed by atoms with Gasteiger partial charge in [-0.3, -0.25) is 4.72 Å². The fraction of sp³-hybridized carbons (Fsp3) is 0.750. The molecule has 0 aliphatic heterocycles. The predicted octanol–water partition coefficient (Wildman–Crippen LogP) is 1.98. The van der Waals surface area contributed by atoms with E-state index in [9.17, 15) is 8.42 Å². The van der Waals surface area contributed by atoms with Crippen LogP contribution in [0.3, 0.4) is 0 Å². The van der Waals surface area contributed by atoms with Gasteiger partial charge in [-0.05, 0) is 26.3 Å². The number of thiazole rings is 1. The van der Waals surface area contributed by atoms with Crippen LogP contribution in [0.4, 0.5) is 5.13 Å². The van der Waals surface area contributed by atoms with Gasteiger partial charge in [0.15, 0.2) is 5.13 Å². The van der Waals surface area contributed by atoms with E-state index >= 15 is 0 Å². The molecule has 0 radical (unpaired) electrons. The van der Waals surface area contributed by atoms with E-state index in [4.69, 9.17) is 4.74 Å². The number of methoxy groups -OCH3 is 1. The standard InChI is InChI=1S/C12H23N3O3S2/c1-4-6-13-10(2)11-9-19-12(14-11)15-20(16,17)8-5-7-18-3/h9-10,13H,4-8H2,1-3H3,(H,14,15). The summed E-state index contributed by atoms with van der Waals surface area (Å²) < 4.78 is 31.0. The first-order valence-electron chi connectivity index (χ1n) is 6.66. The van der Waals surface area contributed by atoms with Crippen molar-refractivity contribution in [3.8, 4) is 0 Å². The Balaban J connectivity index is 2.54. The molecule has 0 aliphatic rings. The average Bonchev–Trinajstić information content (AvgIpc) is 2.83. The van der Waals surface area contributed by atoms with E-state index in [-0.39, 0.29) is 11.8 Å². The van der Waals surface area contributed by atoms with Crippen molar-refractivity contribution in [2.75, 3.05) is 30.7 Å². The first-order chi connectivity index (χ1) is 9.48. The lowest BCUT2D eigenvalue weighted by Crippen LogP contribution is -2.20. The lowest BCUT2D eigenvalue weighted by molar-refractivity contribution is 0.199. The number of nitrogens with one attached hydrogen (secondary N) is 2. The van der Waals surface area contributed by atoms with Crippen molar-refractivity contribution in [1.29, 1.82) is 0 Å². The number of nitrogens with zero attached hydrogens (tertiary/aromatic N) is 1. The van der Waals surface area contributed by atoms with Crippen LogP contribution in [-0.2, 0) is 14.8 Å². The zero-order chi connectivity index (χ0) is 15.0. The molecule has 1 aromatic rings. The Morgan fingerprint density at radius 3 is 2.90 bits per heavy atom. The Morgan fingerprint density at radius 1 is 1.50 bits per heavy atom. The Morgan fingerprint density at radius 2 is 2.25 bits per heavy atom. The zero-order valence-electron chi connectivity index (χ0n) is 12.2. The second-order valence-electron chi connectivity index (χ2n) is 4.52. The molecule has 0 saturated carbocycles. The maximum absolute atomic E-state index is 11.8. The molecular formula is C12H23N3O3S2. The largest absolute Gasteiger partial charge is 0.385 e. The Hall–Kier alpha value is -0.700. The van der Waals surface area contributed by atoms with Crippen LogP contribution in [-0.4, -0.2) is 39.4 Å². The highest BCUT2D eigenvalue weighted by Crippen LogP contribution is 2.21. The van der Waals surface area contributed by atoms with E-state index in [0.29, 0.717) is 18.2 Å². The summed E-state index contributed by atoms with van der Waals surface area (Å²) in [5.41, 5.74) is 0.859. The average molecular weight is 321 g/mol. The summed E-state index contributed by atoms with van der Waals surface area (Å²) in [5, 5.41) is 5.61. The molecule has 20 heavy (non-hydrogen) atoms. The van der Waals surface area contributed by atoms with Crippen molar-refractivity contribution in [1.82, 2.24) is 10.3 Å². The highest BCUT2D eigenvalue weighted by Gasteiger charge is 2.14. The number of ether oxygens (including phenoxy) is 1. The van der Waals surface area contributed by atoms with E-state index < -0.39 is 10.0 Å². The molecule has 6 nitrogen and oxygen atoms in total. The predicted molar refractivity (Wildman–Crippen MR) is 82.7 cm³/mol. The molecule has 0 bridgehead atoms. The number of rotatable bonds is 10. The Bertz CT molecular complexity index is 488. The molecule has 1 atom stereocenters. The van der Waals surface area contributed by atoms with E-state index in [1.807, 2.05) is 12.3 Å². The lowest BCUT2D eigenvalue weighted by Gasteiger charge is -2.09. The topological polar surface area (TPSA) is 80.3 Å². The van der Waals surface area contributed by atoms with Gasteiger partial charge in [0.25, 0.3) is 0 Å². The SMILES string of the molecule is CCCNC(C)c1csc(NS(=O)(=O)CCCOC)n1. The van der Waals surface area contributed by atoms with Crippen molar-refractivity contribution in [3.05, 3.63) is 11.1 Å². The first kappa shape index (κ1) is 17.4. The maximum atomic E-state index is 11.8. The van der Waals surface area contributed by atoms with Gasteiger partial charge in [-0.2, -0.15) is 0 Å². The van der Waals surface area contributed by atoms with Gasteiger partial charge in [0.1, 0.15) is 0 Å². The number of hydrogen-bond acceptors (Lipinski definition) is 6. The van der Waals surface area contributed by atoms with E-state index in [0.717, 1.165) is 18.7 Å². The van der Waals surface area contributed by atoms with Crippen LogP contribution in [0.5, 0.6) is 0 Å². The molecule has 1 heterocycles.